The molecule has 1 aromatic carbocycles. The van der Waals surface area contributed by atoms with E-state index in [4.69, 9.17) is 5.73 Å². The fraction of sp³-hybridized carbons (Fsp3) is 0.0833. The molecule has 1 aromatic heterocycles. The van der Waals surface area contributed by atoms with Crippen molar-refractivity contribution in [1.82, 2.24) is 4.98 Å². The van der Waals surface area contributed by atoms with Gasteiger partial charge in [0.05, 0.1) is 0 Å². The molecule has 1 heterocycles. The summed E-state index contributed by atoms with van der Waals surface area (Å²) < 4.78 is 0. The average molecular weight is 183 g/mol. The zero-order valence-electron chi connectivity index (χ0n) is 7.77. The van der Waals surface area contributed by atoms with E-state index in [2.05, 4.69) is 11.1 Å². The molecular formula is C12H11N2. The zero-order chi connectivity index (χ0) is 9.80. The van der Waals surface area contributed by atoms with Crippen LogP contribution in [0, 0.1) is 6.07 Å². The van der Waals surface area contributed by atoms with Gasteiger partial charge >= 0.3 is 0 Å². The summed E-state index contributed by atoms with van der Waals surface area (Å²) in [6, 6.07) is 12.8. The van der Waals surface area contributed by atoms with Gasteiger partial charge in [-0.25, -0.2) is 0 Å². The second-order valence-corrected chi connectivity index (χ2v) is 3.19. The normalized spacial score (nSPS) is 10.0. The number of benzene rings is 1. The summed E-state index contributed by atoms with van der Waals surface area (Å²) in [6.45, 7) is 0. The Morgan fingerprint density at radius 2 is 2.29 bits per heavy atom. The van der Waals surface area contributed by atoms with Gasteiger partial charge in [-0.15, -0.1) is 0 Å². The standard InChI is InChI=1S/C12H11N2/c13-12-5-1-3-10(8-12)7-11-4-2-6-14-9-11/h1-2,4-6,8-9H,7,13H2. The summed E-state index contributed by atoms with van der Waals surface area (Å²) in [6.07, 6.45) is 4.46. The van der Waals surface area contributed by atoms with Crippen LogP contribution in [0.2, 0.25) is 0 Å². The number of rotatable bonds is 2. The largest absolute Gasteiger partial charge is 0.399 e. The molecule has 14 heavy (non-hydrogen) atoms. The summed E-state index contributed by atoms with van der Waals surface area (Å²) in [7, 11) is 0. The Hall–Kier alpha value is -1.83. The maximum absolute atomic E-state index is 5.68. The topological polar surface area (TPSA) is 38.9 Å². The fourth-order valence-electron chi connectivity index (χ4n) is 1.36. The fourth-order valence-corrected chi connectivity index (χ4v) is 1.36. The van der Waals surface area contributed by atoms with Crippen molar-refractivity contribution in [3.8, 4) is 0 Å². The van der Waals surface area contributed by atoms with Crippen LogP contribution in [-0.2, 0) is 6.42 Å². The highest BCUT2D eigenvalue weighted by atomic mass is 14.6. The SMILES string of the molecule is Nc1cc[c]c(Cc2cccnc2)c1. The molecule has 2 heteroatoms. The number of aromatic nitrogens is 1. The van der Waals surface area contributed by atoms with E-state index in [1.54, 1.807) is 6.20 Å². The van der Waals surface area contributed by atoms with Gasteiger partial charge in [-0.2, -0.15) is 0 Å². The molecule has 0 saturated heterocycles. The van der Waals surface area contributed by atoms with E-state index < -0.39 is 0 Å². The van der Waals surface area contributed by atoms with E-state index in [0.717, 1.165) is 17.7 Å². The third kappa shape index (κ3) is 2.10. The van der Waals surface area contributed by atoms with Crippen molar-refractivity contribution in [2.24, 2.45) is 0 Å². The van der Waals surface area contributed by atoms with Crippen molar-refractivity contribution in [2.45, 2.75) is 6.42 Å². The molecule has 2 N–H and O–H groups in total. The van der Waals surface area contributed by atoms with Crippen LogP contribution in [0.4, 0.5) is 5.69 Å². The van der Waals surface area contributed by atoms with E-state index in [-0.39, 0.29) is 0 Å². The second kappa shape index (κ2) is 3.92. The molecule has 69 valence electrons. The van der Waals surface area contributed by atoms with Gasteiger partial charge in [-0.05, 0) is 41.8 Å². The highest BCUT2D eigenvalue weighted by Gasteiger charge is 1.96. The molecule has 0 spiro atoms. The van der Waals surface area contributed by atoms with Crippen LogP contribution in [0.3, 0.4) is 0 Å². The number of pyridine rings is 1. The number of anilines is 1. The summed E-state index contributed by atoms with van der Waals surface area (Å²) >= 11 is 0. The van der Waals surface area contributed by atoms with Crippen molar-refractivity contribution in [1.29, 1.82) is 0 Å². The Labute approximate surface area is 83.4 Å². The number of nitrogens with zero attached hydrogens (tertiary/aromatic N) is 1. The van der Waals surface area contributed by atoms with Gasteiger partial charge in [-0.3, -0.25) is 4.98 Å². The van der Waals surface area contributed by atoms with E-state index in [1.165, 1.54) is 5.56 Å². The molecule has 1 radical (unpaired) electrons. The zero-order valence-corrected chi connectivity index (χ0v) is 7.77. The Morgan fingerprint density at radius 1 is 1.36 bits per heavy atom. The maximum atomic E-state index is 5.68. The van der Waals surface area contributed by atoms with Gasteiger partial charge in [0, 0.05) is 18.1 Å². The monoisotopic (exact) mass is 183 g/mol. The minimum Gasteiger partial charge on any atom is -0.399 e. The quantitative estimate of drug-likeness (QED) is 0.724. The minimum absolute atomic E-state index is 0.780. The Bertz CT molecular complexity index is 410. The average Bonchev–Trinajstić information content (AvgIpc) is 2.19. The van der Waals surface area contributed by atoms with Crippen LogP contribution < -0.4 is 5.73 Å². The molecule has 0 aliphatic rings. The Kier molecular flexibility index (Phi) is 2.45. The van der Waals surface area contributed by atoms with Crippen molar-refractivity contribution >= 4 is 5.69 Å². The molecule has 0 bridgehead atoms. The van der Waals surface area contributed by atoms with Crippen LogP contribution in [0.1, 0.15) is 11.1 Å². The third-order valence-corrected chi connectivity index (χ3v) is 2.00. The first-order valence-corrected chi connectivity index (χ1v) is 4.49. The third-order valence-electron chi connectivity index (χ3n) is 2.00. The molecule has 2 aromatic rings. The minimum atomic E-state index is 0.780. The second-order valence-electron chi connectivity index (χ2n) is 3.19. The highest BCUT2D eigenvalue weighted by molar-refractivity contribution is 5.41. The number of hydrogen-bond acceptors (Lipinski definition) is 2. The summed E-state index contributed by atoms with van der Waals surface area (Å²) in [5, 5.41) is 0. The number of hydrogen-bond donors (Lipinski definition) is 1. The molecule has 0 aliphatic carbocycles. The molecule has 2 rings (SSSR count). The molecule has 0 amide bonds. The van der Waals surface area contributed by atoms with Crippen molar-refractivity contribution < 1.29 is 0 Å². The molecular weight excluding hydrogens is 172 g/mol. The highest BCUT2D eigenvalue weighted by Crippen LogP contribution is 2.10. The molecule has 0 atom stereocenters. The van der Waals surface area contributed by atoms with Crippen LogP contribution in [0.5, 0.6) is 0 Å². The van der Waals surface area contributed by atoms with Crippen LogP contribution >= 0.6 is 0 Å². The van der Waals surface area contributed by atoms with Crippen LogP contribution in [-0.4, -0.2) is 4.98 Å². The van der Waals surface area contributed by atoms with Crippen LogP contribution in [0.25, 0.3) is 0 Å². The van der Waals surface area contributed by atoms with Gasteiger partial charge < -0.3 is 5.73 Å². The van der Waals surface area contributed by atoms with E-state index >= 15 is 0 Å². The molecule has 0 fully saturated rings. The Balaban J connectivity index is 2.19. The van der Waals surface area contributed by atoms with E-state index in [0.29, 0.717) is 0 Å². The molecule has 0 saturated carbocycles. The number of nitrogen functional groups attached to an aromatic ring is 1. The lowest BCUT2D eigenvalue weighted by Crippen LogP contribution is -1.91. The molecule has 0 unspecified atom stereocenters. The summed E-state index contributed by atoms with van der Waals surface area (Å²) in [5.41, 5.74) is 8.73. The molecule has 2 nitrogen and oxygen atoms in total. The number of nitrogens with two attached hydrogens (primary N) is 1. The van der Waals surface area contributed by atoms with E-state index in [9.17, 15) is 0 Å². The van der Waals surface area contributed by atoms with Crippen molar-refractivity contribution in [3.05, 3.63) is 59.9 Å². The summed E-state index contributed by atoms with van der Waals surface area (Å²) in [5.74, 6) is 0. The first kappa shape index (κ1) is 8.75. The molecule has 0 aliphatic heterocycles. The first-order chi connectivity index (χ1) is 6.84. The Morgan fingerprint density at radius 3 is 3.00 bits per heavy atom. The van der Waals surface area contributed by atoms with Gasteiger partial charge in [0.1, 0.15) is 0 Å². The predicted molar refractivity (Wildman–Crippen MR) is 56.7 cm³/mol. The lowest BCUT2D eigenvalue weighted by atomic mass is 10.1. The first-order valence-electron chi connectivity index (χ1n) is 4.49. The van der Waals surface area contributed by atoms with Gasteiger partial charge in [-0.1, -0.05) is 12.1 Å². The maximum Gasteiger partial charge on any atom is 0.0317 e. The van der Waals surface area contributed by atoms with Gasteiger partial charge in [0.2, 0.25) is 0 Å². The van der Waals surface area contributed by atoms with Crippen molar-refractivity contribution in [2.75, 3.05) is 5.73 Å². The predicted octanol–water partition coefficient (Wildman–Crippen LogP) is 2.05. The van der Waals surface area contributed by atoms with Crippen molar-refractivity contribution in [3.63, 3.8) is 0 Å². The lowest BCUT2D eigenvalue weighted by Gasteiger charge is -2.01. The van der Waals surface area contributed by atoms with Crippen LogP contribution in [0.15, 0.2) is 42.7 Å². The smallest absolute Gasteiger partial charge is 0.0317 e. The van der Waals surface area contributed by atoms with Gasteiger partial charge in [0.15, 0.2) is 0 Å². The summed E-state index contributed by atoms with van der Waals surface area (Å²) in [4.78, 5) is 4.06. The lowest BCUT2D eigenvalue weighted by molar-refractivity contribution is 1.14. The van der Waals surface area contributed by atoms with E-state index in [1.807, 2.05) is 36.5 Å². The van der Waals surface area contributed by atoms with Gasteiger partial charge in [0.25, 0.3) is 0 Å².